The summed E-state index contributed by atoms with van der Waals surface area (Å²) >= 11 is 0. The second-order valence-electron chi connectivity index (χ2n) is 4.70. The number of hydrogen-bond donors (Lipinski definition) is 1. The van der Waals surface area contributed by atoms with Crippen LogP contribution in [-0.2, 0) is 14.3 Å². The van der Waals surface area contributed by atoms with Gasteiger partial charge in [0.05, 0.1) is 12.6 Å². The number of carbonyl (C=O) groups excluding carboxylic acids is 1. The van der Waals surface area contributed by atoms with Gasteiger partial charge in [-0.1, -0.05) is 12.1 Å². The molecule has 1 N–H and O–H groups in total. The maximum absolute atomic E-state index is 11.9. The van der Waals surface area contributed by atoms with Crippen molar-refractivity contribution in [2.75, 3.05) is 19.8 Å². The van der Waals surface area contributed by atoms with E-state index in [2.05, 4.69) is 0 Å². The number of hydrogen-bond acceptors (Lipinski definition) is 4. The molecule has 1 aliphatic rings. The Balaban J connectivity index is 2.33. The fourth-order valence-corrected chi connectivity index (χ4v) is 2.52. The van der Waals surface area contributed by atoms with E-state index in [0.29, 0.717) is 18.9 Å². The number of aliphatic carboxylic acids is 1. The summed E-state index contributed by atoms with van der Waals surface area (Å²) in [5.41, 5.74) is 0.723. The van der Waals surface area contributed by atoms with Crippen LogP contribution in [0.15, 0.2) is 24.3 Å². The Labute approximate surface area is 123 Å². The van der Waals surface area contributed by atoms with Gasteiger partial charge in [0.1, 0.15) is 12.4 Å². The highest BCUT2D eigenvalue weighted by atomic mass is 16.5. The molecule has 21 heavy (non-hydrogen) atoms. The van der Waals surface area contributed by atoms with Crippen LogP contribution in [-0.4, -0.2) is 47.7 Å². The summed E-state index contributed by atoms with van der Waals surface area (Å²) in [6.45, 7) is 4.51. The number of likely N-dealkylation sites (N-methyl/N-ethyl adjacent to an activating group) is 1. The highest BCUT2D eigenvalue weighted by molar-refractivity contribution is 5.83. The summed E-state index contributed by atoms with van der Waals surface area (Å²) < 4.78 is 10.6. The molecule has 0 bridgehead atoms. The van der Waals surface area contributed by atoms with Gasteiger partial charge in [-0.25, -0.2) is 4.79 Å². The van der Waals surface area contributed by atoms with Gasteiger partial charge in [-0.3, -0.25) is 4.79 Å². The summed E-state index contributed by atoms with van der Waals surface area (Å²) in [6, 6.07) is 6.46. The minimum Gasteiger partial charge on any atom is -0.494 e. The van der Waals surface area contributed by atoms with E-state index < -0.39 is 18.1 Å². The van der Waals surface area contributed by atoms with Crippen molar-refractivity contribution in [3.05, 3.63) is 29.8 Å². The number of ether oxygens (including phenoxy) is 2. The summed E-state index contributed by atoms with van der Waals surface area (Å²) in [5, 5.41) is 9.32. The number of morpholine rings is 1. The zero-order valence-corrected chi connectivity index (χ0v) is 12.1. The summed E-state index contributed by atoms with van der Waals surface area (Å²) in [5.74, 6) is -0.562. The van der Waals surface area contributed by atoms with Gasteiger partial charge in [-0.15, -0.1) is 0 Å². The predicted molar refractivity (Wildman–Crippen MR) is 75.1 cm³/mol. The van der Waals surface area contributed by atoms with Crippen LogP contribution in [0.1, 0.15) is 25.5 Å². The third-order valence-corrected chi connectivity index (χ3v) is 3.45. The van der Waals surface area contributed by atoms with Gasteiger partial charge >= 0.3 is 5.97 Å². The van der Waals surface area contributed by atoms with Crippen LogP contribution in [0, 0.1) is 0 Å². The molecule has 1 aliphatic heterocycles. The smallest absolute Gasteiger partial charge is 0.335 e. The third-order valence-electron chi connectivity index (χ3n) is 3.45. The second-order valence-corrected chi connectivity index (χ2v) is 4.70. The zero-order valence-electron chi connectivity index (χ0n) is 12.1. The lowest BCUT2D eigenvalue weighted by Gasteiger charge is -2.38. The molecule has 0 aromatic heterocycles. The quantitative estimate of drug-likeness (QED) is 0.889. The highest BCUT2D eigenvalue weighted by Gasteiger charge is 2.41. The van der Waals surface area contributed by atoms with Gasteiger partial charge in [0.2, 0.25) is 5.91 Å². The van der Waals surface area contributed by atoms with Gasteiger partial charge < -0.3 is 19.5 Å². The van der Waals surface area contributed by atoms with E-state index in [9.17, 15) is 14.7 Å². The minimum atomic E-state index is -1.07. The maximum Gasteiger partial charge on any atom is 0.335 e. The summed E-state index contributed by atoms with van der Waals surface area (Å²) in [4.78, 5) is 24.9. The molecule has 2 rings (SSSR count). The monoisotopic (exact) mass is 293 g/mol. The molecule has 0 radical (unpaired) electrons. The van der Waals surface area contributed by atoms with Gasteiger partial charge in [0.15, 0.2) is 6.10 Å². The van der Waals surface area contributed by atoms with E-state index in [1.807, 2.05) is 13.8 Å². The number of carboxylic acids is 1. The van der Waals surface area contributed by atoms with E-state index in [-0.39, 0.29) is 12.5 Å². The Bertz CT molecular complexity index is 511. The Kier molecular flexibility index (Phi) is 4.80. The SMILES string of the molecule is CCOc1ccc(C2C(C(=O)O)OCC(=O)N2CC)cc1. The van der Waals surface area contributed by atoms with Crippen molar-refractivity contribution >= 4 is 11.9 Å². The average Bonchev–Trinajstić information content (AvgIpc) is 2.47. The molecule has 0 saturated carbocycles. The molecule has 6 nitrogen and oxygen atoms in total. The number of rotatable bonds is 5. The van der Waals surface area contributed by atoms with Crippen LogP contribution in [0.3, 0.4) is 0 Å². The van der Waals surface area contributed by atoms with E-state index in [1.54, 1.807) is 24.3 Å². The van der Waals surface area contributed by atoms with Crippen molar-refractivity contribution < 1.29 is 24.2 Å². The molecule has 1 aromatic carbocycles. The topological polar surface area (TPSA) is 76.1 Å². The van der Waals surface area contributed by atoms with Crippen LogP contribution < -0.4 is 4.74 Å². The van der Waals surface area contributed by atoms with Crippen molar-refractivity contribution in [2.24, 2.45) is 0 Å². The van der Waals surface area contributed by atoms with Crippen molar-refractivity contribution in [2.45, 2.75) is 26.0 Å². The molecule has 1 fully saturated rings. The number of nitrogens with zero attached hydrogens (tertiary/aromatic N) is 1. The average molecular weight is 293 g/mol. The molecule has 1 saturated heterocycles. The van der Waals surface area contributed by atoms with E-state index >= 15 is 0 Å². The van der Waals surface area contributed by atoms with Gasteiger partial charge in [-0.05, 0) is 31.5 Å². The van der Waals surface area contributed by atoms with Crippen LogP contribution >= 0.6 is 0 Å². The van der Waals surface area contributed by atoms with Crippen molar-refractivity contribution in [1.29, 1.82) is 0 Å². The fourth-order valence-electron chi connectivity index (χ4n) is 2.52. The lowest BCUT2D eigenvalue weighted by atomic mass is 9.97. The Morgan fingerprint density at radius 1 is 1.38 bits per heavy atom. The third kappa shape index (κ3) is 3.16. The highest BCUT2D eigenvalue weighted by Crippen LogP contribution is 2.31. The van der Waals surface area contributed by atoms with E-state index in [4.69, 9.17) is 9.47 Å². The Hall–Kier alpha value is -2.08. The number of amides is 1. The van der Waals surface area contributed by atoms with Crippen LogP contribution in [0.25, 0.3) is 0 Å². The molecule has 0 aliphatic carbocycles. The fraction of sp³-hybridized carbons (Fsp3) is 0.467. The predicted octanol–water partition coefficient (Wildman–Crippen LogP) is 1.46. The van der Waals surface area contributed by atoms with Crippen molar-refractivity contribution in [3.8, 4) is 5.75 Å². The first kappa shape index (κ1) is 15.3. The maximum atomic E-state index is 11.9. The first-order valence-electron chi connectivity index (χ1n) is 6.95. The molecule has 6 heteroatoms. The van der Waals surface area contributed by atoms with Gasteiger partial charge in [0.25, 0.3) is 0 Å². The number of benzene rings is 1. The lowest BCUT2D eigenvalue weighted by Crippen LogP contribution is -2.51. The normalized spacial score (nSPS) is 22.2. The van der Waals surface area contributed by atoms with Crippen LogP contribution in [0.2, 0.25) is 0 Å². The zero-order chi connectivity index (χ0) is 15.4. The summed E-state index contributed by atoms with van der Waals surface area (Å²) in [7, 11) is 0. The second kappa shape index (κ2) is 6.58. The molecule has 2 atom stereocenters. The van der Waals surface area contributed by atoms with Gasteiger partial charge in [-0.2, -0.15) is 0 Å². The van der Waals surface area contributed by atoms with Crippen molar-refractivity contribution in [3.63, 3.8) is 0 Å². The largest absolute Gasteiger partial charge is 0.494 e. The first-order chi connectivity index (χ1) is 10.1. The van der Waals surface area contributed by atoms with Crippen LogP contribution in [0.4, 0.5) is 0 Å². The molecule has 1 aromatic rings. The summed E-state index contributed by atoms with van der Waals surface area (Å²) in [6.07, 6.45) is -1.06. The molecule has 0 spiro atoms. The number of carboxylic acid groups (broad SMARTS) is 1. The molecular weight excluding hydrogens is 274 g/mol. The van der Waals surface area contributed by atoms with E-state index in [1.165, 1.54) is 4.90 Å². The van der Waals surface area contributed by atoms with Gasteiger partial charge in [0, 0.05) is 6.54 Å². The molecule has 114 valence electrons. The first-order valence-corrected chi connectivity index (χ1v) is 6.95. The van der Waals surface area contributed by atoms with Crippen LogP contribution in [0.5, 0.6) is 5.75 Å². The lowest BCUT2D eigenvalue weighted by molar-refractivity contribution is -0.172. The Morgan fingerprint density at radius 2 is 2.05 bits per heavy atom. The molecule has 2 unspecified atom stereocenters. The molecular formula is C15H19NO5. The van der Waals surface area contributed by atoms with E-state index in [0.717, 1.165) is 5.56 Å². The number of carbonyl (C=O) groups is 2. The van der Waals surface area contributed by atoms with Crippen molar-refractivity contribution in [1.82, 2.24) is 4.90 Å². The minimum absolute atomic E-state index is 0.196. The molecule has 1 heterocycles. The Morgan fingerprint density at radius 3 is 2.57 bits per heavy atom. The standard InChI is InChI=1S/C15H19NO5/c1-3-16-12(17)9-21-14(15(18)19)13(16)10-5-7-11(8-6-10)20-4-2/h5-8,13-14H,3-4,9H2,1-2H3,(H,18,19). The molecule has 1 amide bonds.